The average molecular weight is 243 g/mol. The fraction of sp³-hybridized carbons (Fsp3) is 0.250. The zero-order chi connectivity index (χ0) is 13.1. The molecule has 0 bridgehead atoms. The van der Waals surface area contributed by atoms with Crippen LogP contribution in [0.25, 0.3) is 10.8 Å². The highest BCUT2D eigenvalue weighted by molar-refractivity contribution is 5.81. The van der Waals surface area contributed by atoms with Gasteiger partial charge in [-0.2, -0.15) is 0 Å². The van der Waals surface area contributed by atoms with Crippen molar-refractivity contribution in [1.82, 2.24) is 5.32 Å². The summed E-state index contributed by atoms with van der Waals surface area (Å²) in [5.74, 6) is 0. The Kier molecular flexibility index (Phi) is 7.14. The SMILES string of the molecule is CCNC=COCC.c1ccc2ccccc2c1. The monoisotopic (exact) mass is 243 g/mol. The number of benzene rings is 2. The molecule has 2 rings (SSSR count). The molecule has 0 aromatic heterocycles. The summed E-state index contributed by atoms with van der Waals surface area (Å²) in [5, 5.41) is 5.60. The summed E-state index contributed by atoms with van der Waals surface area (Å²) in [7, 11) is 0. The Morgan fingerprint density at radius 1 is 0.944 bits per heavy atom. The Morgan fingerprint density at radius 3 is 1.83 bits per heavy atom. The molecule has 0 saturated heterocycles. The molecule has 0 aliphatic rings. The molecule has 0 saturated carbocycles. The van der Waals surface area contributed by atoms with Crippen molar-refractivity contribution in [1.29, 1.82) is 0 Å². The Balaban J connectivity index is 0.000000187. The molecule has 0 aliphatic heterocycles. The third-order valence-corrected chi connectivity index (χ3v) is 2.31. The molecule has 2 nitrogen and oxygen atoms in total. The van der Waals surface area contributed by atoms with Crippen molar-refractivity contribution in [2.75, 3.05) is 13.2 Å². The van der Waals surface area contributed by atoms with Gasteiger partial charge in [0.05, 0.1) is 12.9 Å². The molecule has 96 valence electrons. The van der Waals surface area contributed by atoms with Crippen LogP contribution in [-0.2, 0) is 4.74 Å². The van der Waals surface area contributed by atoms with Crippen LogP contribution in [0.5, 0.6) is 0 Å². The summed E-state index contributed by atoms with van der Waals surface area (Å²) >= 11 is 0. The van der Waals surface area contributed by atoms with Crippen LogP contribution in [0, 0.1) is 0 Å². The third kappa shape index (κ3) is 5.39. The highest BCUT2D eigenvalue weighted by Crippen LogP contribution is 2.11. The first-order valence-electron chi connectivity index (χ1n) is 6.32. The van der Waals surface area contributed by atoms with Crippen LogP contribution in [0.15, 0.2) is 61.0 Å². The molecule has 0 aliphatic carbocycles. The van der Waals surface area contributed by atoms with Crippen LogP contribution in [0.2, 0.25) is 0 Å². The van der Waals surface area contributed by atoms with Gasteiger partial charge in [-0.15, -0.1) is 0 Å². The predicted molar refractivity (Wildman–Crippen MR) is 78.4 cm³/mol. The van der Waals surface area contributed by atoms with Crippen molar-refractivity contribution in [2.24, 2.45) is 0 Å². The second kappa shape index (κ2) is 9.11. The zero-order valence-corrected chi connectivity index (χ0v) is 11.1. The standard InChI is InChI=1S/C10H8.C6H13NO/c1-2-6-10-8-4-3-7-9(10)5-1;1-3-7-5-6-8-4-2/h1-8H;5-7H,3-4H2,1-2H3. The summed E-state index contributed by atoms with van der Waals surface area (Å²) < 4.78 is 4.89. The summed E-state index contributed by atoms with van der Waals surface area (Å²) in [6.45, 7) is 5.68. The topological polar surface area (TPSA) is 21.3 Å². The Morgan fingerprint density at radius 2 is 1.44 bits per heavy atom. The molecule has 0 fully saturated rings. The normalized spacial score (nSPS) is 9.89. The number of ether oxygens (including phenoxy) is 1. The average Bonchev–Trinajstić information content (AvgIpc) is 2.45. The Hall–Kier alpha value is -1.96. The highest BCUT2D eigenvalue weighted by Gasteiger charge is 1.85. The summed E-state index contributed by atoms with van der Waals surface area (Å²) in [6.07, 6.45) is 3.45. The van der Waals surface area contributed by atoms with E-state index in [-0.39, 0.29) is 0 Å². The third-order valence-electron chi connectivity index (χ3n) is 2.31. The Labute approximate surface area is 109 Å². The zero-order valence-electron chi connectivity index (χ0n) is 11.1. The van der Waals surface area contributed by atoms with E-state index >= 15 is 0 Å². The first-order chi connectivity index (χ1) is 8.88. The quantitative estimate of drug-likeness (QED) is 0.821. The van der Waals surface area contributed by atoms with E-state index in [1.54, 1.807) is 12.5 Å². The van der Waals surface area contributed by atoms with Crippen LogP contribution in [0.4, 0.5) is 0 Å². The van der Waals surface area contributed by atoms with Gasteiger partial charge >= 0.3 is 0 Å². The number of hydrogen-bond donors (Lipinski definition) is 1. The molecular weight excluding hydrogens is 222 g/mol. The maximum Gasteiger partial charge on any atom is 0.0985 e. The van der Waals surface area contributed by atoms with Crippen LogP contribution < -0.4 is 5.32 Å². The van der Waals surface area contributed by atoms with E-state index in [1.807, 2.05) is 13.8 Å². The van der Waals surface area contributed by atoms with Gasteiger partial charge in [0.25, 0.3) is 0 Å². The van der Waals surface area contributed by atoms with E-state index in [9.17, 15) is 0 Å². The first kappa shape index (κ1) is 14.1. The maximum atomic E-state index is 4.89. The number of hydrogen-bond acceptors (Lipinski definition) is 2. The molecule has 2 aromatic carbocycles. The van der Waals surface area contributed by atoms with Gasteiger partial charge in [-0.1, -0.05) is 48.5 Å². The van der Waals surface area contributed by atoms with Crippen LogP contribution in [0.1, 0.15) is 13.8 Å². The lowest BCUT2D eigenvalue weighted by Gasteiger charge is -1.92. The Bertz CT molecular complexity index is 392. The molecule has 1 N–H and O–H groups in total. The van der Waals surface area contributed by atoms with Gasteiger partial charge in [-0.05, 0) is 24.6 Å². The molecule has 0 amide bonds. The molecule has 0 atom stereocenters. The van der Waals surface area contributed by atoms with Crippen molar-refractivity contribution in [2.45, 2.75) is 13.8 Å². The van der Waals surface area contributed by atoms with E-state index in [0.29, 0.717) is 0 Å². The lowest BCUT2D eigenvalue weighted by molar-refractivity contribution is 0.267. The fourth-order valence-corrected chi connectivity index (χ4v) is 1.44. The molecule has 0 radical (unpaired) electrons. The lowest BCUT2D eigenvalue weighted by atomic mass is 10.1. The summed E-state index contributed by atoms with van der Waals surface area (Å²) in [5.41, 5.74) is 0. The van der Waals surface area contributed by atoms with Crippen molar-refractivity contribution >= 4 is 10.8 Å². The minimum atomic E-state index is 0.738. The number of nitrogens with one attached hydrogen (secondary N) is 1. The van der Waals surface area contributed by atoms with Gasteiger partial charge in [0.15, 0.2) is 0 Å². The van der Waals surface area contributed by atoms with Gasteiger partial charge in [0, 0.05) is 12.7 Å². The van der Waals surface area contributed by atoms with Crippen molar-refractivity contribution < 1.29 is 4.74 Å². The van der Waals surface area contributed by atoms with E-state index in [1.165, 1.54) is 10.8 Å². The molecule has 2 heteroatoms. The van der Waals surface area contributed by atoms with E-state index in [2.05, 4.69) is 53.8 Å². The van der Waals surface area contributed by atoms with Crippen LogP contribution >= 0.6 is 0 Å². The van der Waals surface area contributed by atoms with Gasteiger partial charge < -0.3 is 10.1 Å². The summed E-state index contributed by atoms with van der Waals surface area (Å²) in [4.78, 5) is 0. The fourth-order valence-electron chi connectivity index (χ4n) is 1.44. The molecule has 2 aromatic rings. The van der Waals surface area contributed by atoms with Crippen molar-refractivity contribution in [3.8, 4) is 0 Å². The largest absolute Gasteiger partial charge is 0.500 e. The van der Waals surface area contributed by atoms with Gasteiger partial charge in [0.1, 0.15) is 0 Å². The maximum absolute atomic E-state index is 4.89. The van der Waals surface area contributed by atoms with E-state index in [4.69, 9.17) is 4.74 Å². The highest BCUT2D eigenvalue weighted by atomic mass is 16.5. The lowest BCUT2D eigenvalue weighted by Crippen LogP contribution is -2.01. The molecule has 0 spiro atoms. The second-order valence-corrected chi connectivity index (χ2v) is 3.66. The van der Waals surface area contributed by atoms with Crippen molar-refractivity contribution in [3.63, 3.8) is 0 Å². The number of rotatable bonds is 4. The van der Waals surface area contributed by atoms with E-state index < -0.39 is 0 Å². The van der Waals surface area contributed by atoms with Crippen LogP contribution in [0.3, 0.4) is 0 Å². The second-order valence-electron chi connectivity index (χ2n) is 3.66. The molecule has 18 heavy (non-hydrogen) atoms. The first-order valence-corrected chi connectivity index (χ1v) is 6.32. The predicted octanol–water partition coefficient (Wildman–Crippen LogP) is 3.94. The van der Waals surface area contributed by atoms with Crippen LogP contribution in [-0.4, -0.2) is 13.2 Å². The van der Waals surface area contributed by atoms with Crippen molar-refractivity contribution in [3.05, 3.63) is 61.0 Å². The van der Waals surface area contributed by atoms with Gasteiger partial charge in [0.2, 0.25) is 0 Å². The minimum Gasteiger partial charge on any atom is -0.500 e. The van der Waals surface area contributed by atoms with Gasteiger partial charge in [-0.25, -0.2) is 0 Å². The van der Waals surface area contributed by atoms with Gasteiger partial charge in [-0.3, -0.25) is 0 Å². The molecule has 0 unspecified atom stereocenters. The minimum absolute atomic E-state index is 0.738. The molecule has 0 heterocycles. The smallest absolute Gasteiger partial charge is 0.0985 e. The molecular formula is C16H21NO. The van der Waals surface area contributed by atoms with E-state index in [0.717, 1.165) is 13.2 Å². The number of fused-ring (bicyclic) bond motifs is 1. The summed E-state index contributed by atoms with van der Waals surface area (Å²) in [6, 6.07) is 16.7.